The monoisotopic (exact) mass is 198 g/mol. The lowest BCUT2D eigenvalue weighted by Crippen LogP contribution is -2.37. The van der Waals surface area contributed by atoms with E-state index in [2.05, 4.69) is 44.5 Å². The highest BCUT2D eigenvalue weighted by Gasteiger charge is 2.06. The van der Waals surface area contributed by atoms with E-state index in [1.165, 1.54) is 0 Å². The van der Waals surface area contributed by atoms with E-state index in [1.807, 2.05) is 6.08 Å². The topological polar surface area (TPSA) is 15.3 Å². The smallest absolute Gasteiger partial charge is 0.0163 e. The summed E-state index contributed by atoms with van der Waals surface area (Å²) in [5.41, 5.74) is 0. The molecule has 0 radical (unpaired) electrons. The Morgan fingerprint density at radius 2 is 1.93 bits per heavy atom. The first-order chi connectivity index (χ1) is 6.57. The van der Waals surface area contributed by atoms with Crippen LogP contribution in [0.15, 0.2) is 12.7 Å². The van der Waals surface area contributed by atoms with E-state index in [9.17, 15) is 0 Å². The van der Waals surface area contributed by atoms with E-state index in [1.54, 1.807) is 0 Å². The molecule has 0 aliphatic rings. The van der Waals surface area contributed by atoms with Gasteiger partial charge in [-0.05, 0) is 26.3 Å². The third-order valence-corrected chi connectivity index (χ3v) is 2.22. The molecule has 0 amide bonds. The van der Waals surface area contributed by atoms with Crippen LogP contribution < -0.4 is 5.32 Å². The summed E-state index contributed by atoms with van der Waals surface area (Å²) in [5, 5.41) is 3.45. The molecule has 0 rings (SSSR count). The normalized spacial score (nSPS) is 11.6. The SMILES string of the molecule is C=CCN(CCNCC(C)C)C(C)C. The lowest BCUT2D eigenvalue weighted by Gasteiger charge is -2.25. The molecular weight excluding hydrogens is 172 g/mol. The number of nitrogens with one attached hydrogen (secondary N) is 1. The van der Waals surface area contributed by atoms with Crippen molar-refractivity contribution in [3.63, 3.8) is 0 Å². The third-order valence-electron chi connectivity index (χ3n) is 2.22. The number of hydrogen-bond donors (Lipinski definition) is 1. The molecule has 0 saturated heterocycles. The standard InChI is InChI=1S/C12H26N2/c1-6-8-14(12(4)5)9-7-13-10-11(2)3/h6,11-13H,1,7-10H2,2-5H3. The zero-order valence-corrected chi connectivity index (χ0v) is 10.2. The van der Waals surface area contributed by atoms with E-state index >= 15 is 0 Å². The molecule has 0 heterocycles. The molecule has 2 nitrogen and oxygen atoms in total. The summed E-state index contributed by atoms with van der Waals surface area (Å²) in [7, 11) is 0. The quantitative estimate of drug-likeness (QED) is 0.475. The van der Waals surface area contributed by atoms with Crippen LogP contribution in [0.1, 0.15) is 27.7 Å². The van der Waals surface area contributed by atoms with Gasteiger partial charge in [-0.1, -0.05) is 19.9 Å². The molecule has 2 heteroatoms. The van der Waals surface area contributed by atoms with Crippen LogP contribution in [0.3, 0.4) is 0 Å². The molecule has 0 unspecified atom stereocenters. The van der Waals surface area contributed by atoms with Crippen molar-refractivity contribution in [1.82, 2.24) is 10.2 Å². The molecule has 0 aliphatic carbocycles. The molecule has 84 valence electrons. The molecule has 0 aliphatic heterocycles. The van der Waals surface area contributed by atoms with Gasteiger partial charge in [0.1, 0.15) is 0 Å². The Bertz CT molecular complexity index is 141. The molecule has 14 heavy (non-hydrogen) atoms. The summed E-state index contributed by atoms with van der Waals surface area (Å²) >= 11 is 0. The van der Waals surface area contributed by atoms with Gasteiger partial charge in [0.15, 0.2) is 0 Å². The summed E-state index contributed by atoms with van der Waals surface area (Å²) in [6.45, 7) is 17.0. The maximum Gasteiger partial charge on any atom is 0.0163 e. The Morgan fingerprint density at radius 1 is 1.29 bits per heavy atom. The van der Waals surface area contributed by atoms with Gasteiger partial charge in [-0.15, -0.1) is 6.58 Å². The fourth-order valence-corrected chi connectivity index (χ4v) is 1.34. The first-order valence-corrected chi connectivity index (χ1v) is 5.63. The van der Waals surface area contributed by atoms with Crippen LogP contribution in [-0.4, -0.2) is 37.1 Å². The molecule has 0 aromatic carbocycles. The summed E-state index contributed by atoms with van der Waals surface area (Å²) < 4.78 is 0. The van der Waals surface area contributed by atoms with Gasteiger partial charge in [0.25, 0.3) is 0 Å². The summed E-state index contributed by atoms with van der Waals surface area (Å²) in [4.78, 5) is 2.42. The fraction of sp³-hybridized carbons (Fsp3) is 0.833. The molecule has 0 aromatic heterocycles. The van der Waals surface area contributed by atoms with Crippen LogP contribution in [0.5, 0.6) is 0 Å². The maximum absolute atomic E-state index is 3.78. The van der Waals surface area contributed by atoms with Crippen molar-refractivity contribution >= 4 is 0 Å². The minimum Gasteiger partial charge on any atom is -0.315 e. The molecule has 0 fully saturated rings. The highest BCUT2D eigenvalue weighted by molar-refractivity contribution is 4.76. The Labute approximate surface area is 89.4 Å². The van der Waals surface area contributed by atoms with Gasteiger partial charge >= 0.3 is 0 Å². The van der Waals surface area contributed by atoms with Gasteiger partial charge in [0.05, 0.1) is 0 Å². The van der Waals surface area contributed by atoms with Gasteiger partial charge < -0.3 is 5.32 Å². The molecule has 0 saturated carbocycles. The maximum atomic E-state index is 3.78. The van der Waals surface area contributed by atoms with E-state index in [0.29, 0.717) is 6.04 Å². The second-order valence-corrected chi connectivity index (χ2v) is 4.48. The largest absolute Gasteiger partial charge is 0.315 e. The fourth-order valence-electron chi connectivity index (χ4n) is 1.34. The molecule has 0 spiro atoms. The molecule has 0 aromatic rings. The first-order valence-electron chi connectivity index (χ1n) is 5.63. The summed E-state index contributed by atoms with van der Waals surface area (Å²) in [6, 6.07) is 0.605. The minimum atomic E-state index is 0.605. The minimum absolute atomic E-state index is 0.605. The second kappa shape index (κ2) is 8.01. The number of rotatable bonds is 8. The van der Waals surface area contributed by atoms with Gasteiger partial charge in [-0.2, -0.15) is 0 Å². The highest BCUT2D eigenvalue weighted by atomic mass is 15.2. The van der Waals surface area contributed by atoms with Crippen molar-refractivity contribution in [1.29, 1.82) is 0 Å². The summed E-state index contributed by atoms with van der Waals surface area (Å²) in [5.74, 6) is 0.738. The van der Waals surface area contributed by atoms with Gasteiger partial charge in [-0.3, -0.25) is 4.90 Å². The lowest BCUT2D eigenvalue weighted by atomic mass is 10.2. The lowest BCUT2D eigenvalue weighted by molar-refractivity contribution is 0.245. The Morgan fingerprint density at radius 3 is 2.36 bits per heavy atom. The highest BCUT2D eigenvalue weighted by Crippen LogP contribution is 1.96. The van der Waals surface area contributed by atoms with Crippen LogP contribution in [0.25, 0.3) is 0 Å². The summed E-state index contributed by atoms with van der Waals surface area (Å²) in [6.07, 6.45) is 1.97. The van der Waals surface area contributed by atoms with E-state index in [-0.39, 0.29) is 0 Å². The first kappa shape index (κ1) is 13.7. The van der Waals surface area contributed by atoms with Gasteiger partial charge in [-0.25, -0.2) is 0 Å². The third kappa shape index (κ3) is 7.10. The molecule has 0 bridgehead atoms. The van der Waals surface area contributed by atoms with Crippen LogP contribution in [0.4, 0.5) is 0 Å². The second-order valence-electron chi connectivity index (χ2n) is 4.48. The zero-order valence-electron chi connectivity index (χ0n) is 10.2. The molecule has 0 atom stereocenters. The van der Waals surface area contributed by atoms with Crippen molar-refractivity contribution in [3.8, 4) is 0 Å². The average molecular weight is 198 g/mol. The Balaban J connectivity index is 3.55. The Kier molecular flexibility index (Phi) is 7.81. The van der Waals surface area contributed by atoms with E-state index in [4.69, 9.17) is 0 Å². The van der Waals surface area contributed by atoms with Crippen LogP contribution in [0.2, 0.25) is 0 Å². The zero-order chi connectivity index (χ0) is 11.0. The van der Waals surface area contributed by atoms with E-state index < -0.39 is 0 Å². The molecular formula is C12H26N2. The van der Waals surface area contributed by atoms with Crippen LogP contribution >= 0.6 is 0 Å². The van der Waals surface area contributed by atoms with Crippen molar-refractivity contribution in [3.05, 3.63) is 12.7 Å². The van der Waals surface area contributed by atoms with Crippen LogP contribution in [0, 0.1) is 5.92 Å². The number of hydrogen-bond acceptors (Lipinski definition) is 2. The number of nitrogens with zero attached hydrogens (tertiary/aromatic N) is 1. The molecule has 1 N–H and O–H groups in total. The van der Waals surface area contributed by atoms with Gasteiger partial charge in [0.2, 0.25) is 0 Å². The van der Waals surface area contributed by atoms with Crippen molar-refractivity contribution in [2.24, 2.45) is 5.92 Å². The van der Waals surface area contributed by atoms with Crippen molar-refractivity contribution in [2.45, 2.75) is 33.7 Å². The van der Waals surface area contributed by atoms with Gasteiger partial charge in [0, 0.05) is 25.7 Å². The van der Waals surface area contributed by atoms with Crippen molar-refractivity contribution in [2.75, 3.05) is 26.2 Å². The predicted molar refractivity (Wildman–Crippen MR) is 64.6 cm³/mol. The average Bonchev–Trinajstić information content (AvgIpc) is 2.09. The van der Waals surface area contributed by atoms with Crippen LogP contribution in [-0.2, 0) is 0 Å². The Hall–Kier alpha value is -0.340. The van der Waals surface area contributed by atoms with Crippen molar-refractivity contribution < 1.29 is 0 Å². The van der Waals surface area contributed by atoms with E-state index in [0.717, 1.165) is 32.1 Å². The predicted octanol–water partition coefficient (Wildman–Crippen LogP) is 2.13.